The van der Waals surface area contributed by atoms with Gasteiger partial charge in [-0.25, -0.2) is 9.78 Å². The van der Waals surface area contributed by atoms with Gasteiger partial charge in [-0.2, -0.15) is 0 Å². The van der Waals surface area contributed by atoms with Crippen LogP contribution in [0, 0.1) is 0 Å². The molecule has 34 heavy (non-hydrogen) atoms. The van der Waals surface area contributed by atoms with Crippen molar-refractivity contribution < 1.29 is 14.3 Å². The Labute approximate surface area is 197 Å². The maximum Gasteiger partial charge on any atom is 0.330 e. The van der Waals surface area contributed by atoms with Crippen molar-refractivity contribution in [3.63, 3.8) is 0 Å². The number of aromatic nitrogens is 4. The number of aromatic amines is 1. The van der Waals surface area contributed by atoms with Crippen LogP contribution >= 0.6 is 0 Å². The lowest BCUT2D eigenvalue weighted by Gasteiger charge is -2.17. The van der Waals surface area contributed by atoms with Crippen molar-refractivity contribution in [2.75, 3.05) is 0 Å². The number of esters is 1. The zero-order valence-electron chi connectivity index (χ0n) is 19.8. The Hall–Kier alpha value is -3.69. The molecule has 0 radical (unpaired) electrons. The van der Waals surface area contributed by atoms with Gasteiger partial charge in [0.05, 0.1) is 12.5 Å². The average Bonchev–Trinajstić information content (AvgIpc) is 3.16. The molecule has 0 aliphatic carbocycles. The van der Waals surface area contributed by atoms with Crippen molar-refractivity contribution in [3.05, 3.63) is 62.6 Å². The number of aryl methyl sites for hydroxylation is 2. The summed E-state index contributed by atoms with van der Waals surface area (Å²) >= 11 is 0. The van der Waals surface area contributed by atoms with Gasteiger partial charge in [-0.3, -0.25) is 23.9 Å². The zero-order valence-corrected chi connectivity index (χ0v) is 19.8. The summed E-state index contributed by atoms with van der Waals surface area (Å²) < 4.78 is 8.65. The quantitative estimate of drug-likeness (QED) is 0.415. The monoisotopic (exact) mass is 469 g/mol. The molecule has 0 saturated heterocycles. The van der Waals surface area contributed by atoms with Crippen molar-refractivity contribution in [1.82, 2.24) is 24.4 Å². The van der Waals surface area contributed by atoms with Crippen LogP contribution in [0.2, 0.25) is 0 Å². The topological polar surface area (TPSA) is 128 Å². The molecule has 10 nitrogen and oxygen atoms in total. The fourth-order valence-electron chi connectivity index (χ4n) is 3.87. The van der Waals surface area contributed by atoms with Crippen molar-refractivity contribution in [2.45, 2.75) is 72.2 Å². The molecule has 2 aromatic heterocycles. The van der Waals surface area contributed by atoms with Gasteiger partial charge >= 0.3 is 11.7 Å². The second kappa shape index (κ2) is 11.4. The van der Waals surface area contributed by atoms with Crippen LogP contribution in [0.25, 0.3) is 11.2 Å². The maximum atomic E-state index is 12.7. The van der Waals surface area contributed by atoms with Crippen molar-refractivity contribution in [1.29, 1.82) is 0 Å². The summed E-state index contributed by atoms with van der Waals surface area (Å²) in [5.41, 5.74) is 0.364. The molecule has 0 bridgehead atoms. The number of carbonyl (C=O) groups excluding carboxylic acids is 2. The largest absolute Gasteiger partial charge is 0.457 e. The highest BCUT2D eigenvalue weighted by molar-refractivity contribution is 5.76. The third-order valence-corrected chi connectivity index (χ3v) is 5.46. The lowest BCUT2D eigenvalue weighted by atomic mass is 10.0. The third-order valence-electron chi connectivity index (χ3n) is 5.46. The first-order valence-corrected chi connectivity index (χ1v) is 11.6. The van der Waals surface area contributed by atoms with Crippen molar-refractivity contribution in [3.8, 4) is 0 Å². The van der Waals surface area contributed by atoms with E-state index in [4.69, 9.17) is 4.74 Å². The summed E-state index contributed by atoms with van der Waals surface area (Å²) in [6, 6.07) is 8.65. The van der Waals surface area contributed by atoms with E-state index in [2.05, 4.69) is 15.3 Å². The van der Waals surface area contributed by atoms with Crippen LogP contribution in [0.1, 0.15) is 63.9 Å². The molecule has 1 aromatic carbocycles. The first-order chi connectivity index (χ1) is 16.3. The molecule has 3 rings (SSSR count). The molecule has 10 heteroatoms. The second-order valence-electron chi connectivity index (χ2n) is 8.14. The van der Waals surface area contributed by atoms with Crippen molar-refractivity contribution >= 4 is 23.0 Å². The normalized spacial score (nSPS) is 12.0. The van der Waals surface area contributed by atoms with Gasteiger partial charge in [-0.05, 0) is 18.4 Å². The number of hydrogen-bond donors (Lipinski definition) is 2. The fourth-order valence-corrected chi connectivity index (χ4v) is 3.87. The van der Waals surface area contributed by atoms with Gasteiger partial charge < -0.3 is 14.6 Å². The fraction of sp³-hybridized carbons (Fsp3) is 0.458. The van der Waals surface area contributed by atoms with Gasteiger partial charge in [0.1, 0.15) is 12.4 Å². The van der Waals surface area contributed by atoms with E-state index < -0.39 is 23.3 Å². The minimum atomic E-state index is -0.525. The van der Waals surface area contributed by atoms with E-state index in [9.17, 15) is 19.2 Å². The molecule has 0 spiro atoms. The van der Waals surface area contributed by atoms with Gasteiger partial charge in [-0.15, -0.1) is 0 Å². The summed E-state index contributed by atoms with van der Waals surface area (Å²) in [5.74, 6) is -0.381. The summed E-state index contributed by atoms with van der Waals surface area (Å²) in [7, 11) is 0. The number of ether oxygens (including phenoxy) is 1. The molecule has 0 unspecified atom stereocenters. The summed E-state index contributed by atoms with van der Waals surface area (Å²) in [5, 5.41) is 2.78. The van der Waals surface area contributed by atoms with Crippen molar-refractivity contribution in [2.24, 2.45) is 0 Å². The van der Waals surface area contributed by atoms with Crippen LogP contribution in [0.5, 0.6) is 0 Å². The number of rotatable bonds is 11. The predicted molar refractivity (Wildman–Crippen MR) is 127 cm³/mol. The number of amides is 1. The number of unbranched alkanes of at least 4 members (excludes halogenated alkanes) is 1. The molecule has 0 saturated carbocycles. The van der Waals surface area contributed by atoms with E-state index in [1.807, 2.05) is 44.2 Å². The number of carbonyl (C=O) groups is 2. The van der Waals surface area contributed by atoms with Crippen LogP contribution in [0.4, 0.5) is 0 Å². The first kappa shape index (κ1) is 24.9. The smallest absolute Gasteiger partial charge is 0.330 e. The zero-order chi connectivity index (χ0) is 24.7. The van der Waals surface area contributed by atoms with E-state index in [0.717, 1.165) is 24.8 Å². The SMILES string of the molecule is CCCCn1c(=O)[nH]c(=O)c2c1nc(COC(=O)C[C@H](NC(C)=O)c1ccccc1)n2CCC. The van der Waals surface area contributed by atoms with Crippen LogP contribution in [-0.4, -0.2) is 31.0 Å². The van der Waals surface area contributed by atoms with Gasteiger partial charge in [-0.1, -0.05) is 50.6 Å². The number of imidazole rings is 1. The molecule has 182 valence electrons. The van der Waals surface area contributed by atoms with Gasteiger partial charge in [0.15, 0.2) is 11.2 Å². The molecular formula is C24H31N5O5. The average molecular weight is 470 g/mol. The molecule has 0 aliphatic heterocycles. The van der Waals surface area contributed by atoms with Gasteiger partial charge in [0.25, 0.3) is 5.56 Å². The van der Waals surface area contributed by atoms with Crippen LogP contribution in [-0.2, 0) is 34.0 Å². The minimum absolute atomic E-state index is 0.0562. The number of H-pyrrole nitrogens is 1. The Bertz CT molecular complexity index is 1260. The Morgan fingerprint density at radius 3 is 2.47 bits per heavy atom. The Kier molecular flexibility index (Phi) is 8.39. The number of fused-ring (bicyclic) bond motifs is 1. The molecule has 2 N–H and O–H groups in total. The molecular weight excluding hydrogens is 438 g/mol. The summed E-state index contributed by atoms with van der Waals surface area (Å²) in [6.07, 6.45) is 2.30. The van der Waals surface area contributed by atoms with E-state index in [1.54, 1.807) is 4.57 Å². The molecule has 0 fully saturated rings. The first-order valence-electron chi connectivity index (χ1n) is 11.6. The standard InChI is InChI=1S/C24H31N5O5/c1-4-6-13-29-22-21(23(32)27-24(29)33)28(12-5-2)19(26-22)15-34-20(31)14-18(25-16(3)30)17-10-8-7-9-11-17/h7-11,18H,4-6,12-15H2,1-3H3,(H,25,30)(H,27,32,33)/t18-/m0/s1. The van der Waals surface area contributed by atoms with E-state index in [-0.39, 0.29) is 18.9 Å². The van der Waals surface area contributed by atoms with E-state index >= 15 is 0 Å². The van der Waals surface area contributed by atoms with Crippen LogP contribution in [0.15, 0.2) is 39.9 Å². The van der Waals surface area contributed by atoms with Gasteiger partial charge in [0, 0.05) is 20.0 Å². The minimum Gasteiger partial charge on any atom is -0.457 e. The van der Waals surface area contributed by atoms with Gasteiger partial charge in [0.2, 0.25) is 5.91 Å². The third kappa shape index (κ3) is 5.81. The number of nitrogens with one attached hydrogen (secondary N) is 2. The lowest BCUT2D eigenvalue weighted by Crippen LogP contribution is -2.31. The molecule has 2 heterocycles. The van der Waals surface area contributed by atoms with E-state index in [0.29, 0.717) is 30.1 Å². The maximum absolute atomic E-state index is 12.7. The number of hydrogen-bond acceptors (Lipinski definition) is 6. The number of nitrogens with zero attached hydrogens (tertiary/aromatic N) is 3. The summed E-state index contributed by atoms with van der Waals surface area (Å²) in [4.78, 5) is 56.2. The van der Waals surface area contributed by atoms with Crippen LogP contribution in [0.3, 0.4) is 0 Å². The highest BCUT2D eigenvalue weighted by atomic mass is 16.5. The highest BCUT2D eigenvalue weighted by Crippen LogP contribution is 2.19. The molecule has 1 atom stereocenters. The van der Waals surface area contributed by atoms with Crippen LogP contribution < -0.4 is 16.6 Å². The summed E-state index contributed by atoms with van der Waals surface area (Å²) in [6.45, 7) is 6.12. The van der Waals surface area contributed by atoms with E-state index in [1.165, 1.54) is 11.5 Å². The number of benzene rings is 1. The Morgan fingerprint density at radius 1 is 1.09 bits per heavy atom. The predicted octanol–water partition coefficient (Wildman–Crippen LogP) is 2.41. The lowest BCUT2D eigenvalue weighted by molar-refractivity contribution is -0.146. The highest BCUT2D eigenvalue weighted by Gasteiger charge is 2.21. The Balaban J connectivity index is 1.86. The Morgan fingerprint density at radius 2 is 1.82 bits per heavy atom. The molecule has 3 aromatic rings. The molecule has 0 aliphatic rings. The molecule has 1 amide bonds. The second-order valence-corrected chi connectivity index (χ2v) is 8.14.